The number of carbonyl (C=O) groups excluding carboxylic acids is 2. The normalized spacial score (nSPS) is 10.2. The molecule has 0 spiro atoms. The molecule has 0 aliphatic rings. The molecule has 0 radical (unpaired) electrons. The summed E-state index contributed by atoms with van der Waals surface area (Å²) < 4.78 is 5.51. The van der Waals surface area contributed by atoms with Gasteiger partial charge in [0.25, 0.3) is 17.5 Å². The highest BCUT2D eigenvalue weighted by Crippen LogP contribution is 2.24. The van der Waals surface area contributed by atoms with Crippen LogP contribution in [0.3, 0.4) is 0 Å². The number of hydrogen-bond acceptors (Lipinski definition) is 5. The van der Waals surface area contributed by atoms with Crippen molar-refractivity contribution in [2.75, 3.05) is 6.61 Å². The van der Waals surface area contributed by atoms with Gasteiger partial charge in [-0.2, -0.15) is 0 Å². The van der Waals surface area contributed by atoms with E-state index in [1.54, 1.807) is 6.07 Å². The van der Waals surface area contributed by atoms with Crippen LogP contribution >= 0.6 is 0 Å². The van der Waals surface area contributed by atoms with Gasteiger partial charge < -0.3 is 4.74 Å². The molecule has 0 aliphatic heterocycles. The van der Waals surface area contributed by atoms with Gasteiger partial charge in [-0.1, -0.05) is 48.5 Å². The van der Waals surface area contributed by atoms with E-state index < -0.39 is 16.7 Å². The minimum Gasteiger partial charge on any atom is -0.483 e. The first-order chi connectivity index (χ1) is 13.1. The van der Waals surface area contributed by atoms with E-state index in [0.717, 1.165) is 10.8 Å². The lowest BCUT2D eigenvalue weighted by molar-refractivity contribution is -0.385. The van der Waals surface area contributed by atoms with Crippen LogP contribution in [-0.2, 0) is 4.79 Å². The number of nitrogens with one attached hydrogen (secondary N) is 2. The molecule has 0 unspecified atom stereocenters. The van der Waals surface area contributed by atoms with Crippen LogP contribution in [-0.4, -0.2) is 23.3 Å². The smallest absolute Gasteiger partial charge is 0.282 e. The lowest BCUT2D eigenvalue weighted by Gasteiger charge is -2.10. The van der Waals surface area contributed by atoms with Crippen LogP contribution in [0, 0.1) is 10.1 Å². The molecule has 0 atom stereocenters. The average Bonchev–Trinajstić information content (AvgIpc) is 2.70. The highest BCUT2D eigenvalue weighted by molar-refractivity contribution is 5.99. The SMILES string of the molecule is O=C(COc1cccc2ccccc12)NNC(=O)c1ccccc1[N+](=O)[O-]. The maximum atomic E-state index is 12.1. The Labute approximate surface area is 153 Å². The fraction of sp³-hybridized carbons (Fsp3) is 0.0526. The molecule has 2 N–H and O–H groups in total. The predicted molar refractivity (Wildman–Crippen MR) is 98.1 cm³/mol. The van der Waals surface area contributed by atoms with Crippen molar-refractivity contribution in [1.29, 1.82) is 0 Å². The molecule has 8 heteroatoms. The monoisotopic (exact) mass is 365 g/mol. The summed E-state index contributed by atoms with van der Waals surface area (Å²) in [6.45, 7) is -0.328. The summed E-state index contributed by atoms with van der Waals surface area (Å²) in [6.07, 6.45) is 0. The van der Waals surface area contributed by atoms with Gasteiger partial charge in [-0.3, -0.25) is 30.6 Å². The lowest BCUT2D eigenvalue weighted by Crippen LogP contribution is -2.44. The second kappa shape index (κ2) is 7.96. The van der Waals surface area contributed by atoms with Crippen molar-refractivity contribution >= 4 is 28.3 Å². The summed E-state index contributed by atoms with van der Waals surface area (Å²) in [4.78, 5) is 34.3. The molecule has 3 rings (SSSR count). The number of benzene rings is 3. The number of fused-ring (bicyclic) bond motifs is 1. The number of hydrogen-bond donors (Lipinski definition) is 2. The zero-order chi connectivity index (χ0) is 19.2. The molecule has 27 heavy (non-hydrogen) atoms. The molecule has 0 aromatic heterocycles. The Morgan fingerprint density at radius 1 is 0.926 bits per heavy atom. The third-order valence-corrected chi connectivity index (χ3v) is 3.77. The van der Waals surface area contributed by atoms with E-state index in [9.17, 15) is 19.7 Å². The van der Waals surface area contributed by atoms with Crippen LogP contribution in [0.5, 0.6) is 5.75 Å². The fourth-order valence-electron chi connectivity index (χ4n) is 2.52. The number of para-hydroxylation sites is 1. The van der Waals surface area contributed by atoms with Crippen LogP contribution < -0.4 is 15.6 Å². The van der Waals surface area contributed by atoms with E-state index in [0.29, 0.717) is 5.75 Å². The van der Waals surface area contributed by atoms with Crippen molar-refractivity contribution < 1.29 is 19.2 Å². The molecule has 136 valence electrons. The van der Waals surface area contributed by atoms with Crippen molar-refractivity contribution in [3.05, 3.63) is 82.4 Å². The number of amides is 2. The first-order valence-electron chi connectivity index (χ1n) is 7.99. The van der Waals surface area contributed by atoms with Crippen LogP contribution in [0.25, 0.3) is 10.8 Å². The second-order valence-electron chi connectivity index (χ2n) is 5.54. The highest BCUT2D eigenvalue weighted by Gasteiger charge is 2.19. The molecule has 3 aromatic rings. The van der Waals surface area contributed by atoms with Crippen LogP contribution in [0.1, 0.15) is 10.4 Å². The van der Waals surface area contributed by atoms with Gasteiger partial charge in [0.05, 0.1) is 4.92 Å². The van der Waals surface area contributed by atoms with Gasteiger partial charge in [0.1, 0.15) is 11.3 Å². The molecular formula is C19H15N3O5. The topological polar surface area (TPSA) is 111 Å². The predicted octanol–water partition coefficient (Wildman–Crippen LogP) is 2.59. The average molecular weight is 365 g/mol. The highest BCUT2D eigenvalue weighted by atomic mass is 16.6. The maximum absolute atomic E-state index is 12.1. The van der Waals surface area contributed by atoms with Crippen LogP contribution in [0.2, 0.25) is 0 Å². The van der Waals surface area contributed by atoms with Crippen molar-refractivity contribution in [2.24, 2.45) is 0 Å². The second-order valence-corrected chi connectivity index (χ2v) is 5.54. The number of hydrazine groups is 1. The molecule has 0 bridgehead atoms. The zero-order valence-electron chi connectivity index (χ0n) is 14.0. The number of nitrogens with zero attached hydrogens (tertiary/aromatic N) is 1. The Bertz CT molecular complexity index is 1010. The molecule has 2 amide bonds. The lowest BCUT2D eigenvalue weighted by atomic mass is 10.1. The van der Waals surface area contributed by atoms with Gasteiger partial charge in [-0.05, 0) is 17.5 Å². The van der Waals surface area contributed by atoms with Crippen molar-refractivity contribution in [1.82, 2.24) is 10.9 Å². The molecule has 0 fully saturated rings. The van der Waals surface area contributed by atoms with E-state index in [1.807, 2.05) is 36.4 Å². The summed E-state index contributed by atoms with van der Waals surface area (Å²) in [6, 6.07) is 18.5. The third kappa shape index (κ3) is 4.18. The molecule has 3 aromatic carbocycles. The van der Waals surface area contributed by atoms with E-state index in [2.05, 4.69) is 10.9 Å². The van der Waals surface area contributed by atoms with Crippen LogP contribution in [0.15, 0.2) is 66.7 Å². The first kappa shape index (κ1) is 17.9. The van der Waals surface area contributed by atoms with E-state index in [-0.39, 0.29) is 17.9 Å². The quantitative estimate of drug-likeness (QED) is 0.533. The van der Waals surface area contributed by atoms with Crippen molar-refractivity contribution in [3.63, 3.8) is 0 Å². The molecule has 0 aliphatic carbocycles. The van der Waals surface area contributed by atoms with Gasteiger partial charge in [0.2, 0.25) is 0 Å². The minimum absolute atomic E-state index is 0.155. The molecular weight excluding hydrogens is 350 g/mol. The number of nitro groups is 1. The Morgan fingerprint density at radius 3 is 2.44 bits per heavy atom. The standard InChI is InChI=1S/C19H15N3O5/c23-18(12-27-17-11-5-7-13-6-1-2-8-14(13)17)20-21-19(24)15-9-3-4-10-16(15)22(25)26/h1-11H,12H2,(H,20,23)(H,21,24). The number of carbonyl (C=O) groups is 2. The Hall–Kier alpha value is -3.94. The van der Waals surface area contributed by atoms with Gasteiger partial charge in [0.15, 0.2) is 6.61 Å². The maximum Gasteiger partial charge on any atom is 0.282 e. The van der Waals surface area contributed by atoms with Crippen LogP contribution in [0.4, 0.5) is 5.69 Å². The van der Waals surface area contributed by atoms with E-state index in [4.69, 9.17) is 4.74 Å². The first-order valence-corrected chi connectivity index (χ1v) is 7.99. The summed E-state index contributed by atoms with van der Waals surface area (Å²) in [5.74, 6) is -0.857. The Kier molecular flexibility index (Phi) is 5.27. The minimum atomic E-state index is -0.791. The third-order valence-electron chi connectivity index (χ3n) is 3.77. The summed E-state index contributed by atoms with van der Waals surface area (Å²) in [5.41, 5.74) is 3.82. The van der Waals surface area contributed by atoms with Gasteiger partial charge in [0, 0.05) is 11.5 Å². The van der Waals surface area contributed by atoms with E-state index in [1.165, 1.54) is 24.3 Å². The zero-order valence-corrected chi connectivity index (χ0v) is 14.0. The molecule has 0 heterocycles. The van der Waals surface area contributed by atoms with Gasteiger partial charge in [-0.15, -0.1) is 0 Å². The van der Waals surface area contributed by atoms with Gasteiger partial charge in [-0.25, -0.2) is 0 Å². The fourth-order valence-corrected chi connectivity index (χ4v) is 2.52. The molecule has 8 nitrogen and oxygen atoms in total. The largest absolute Gasteiger partial charge is 0.483 e. The Balaban J connectivity index is 1.59. The summed E-state index contributed by atoms with van der Waals surface area (Å²) in [7, 11) is 0. The Morgan fingerprint density at radius 2 is 1.63 bits per heavy atom. The number of rotatable bonds is 5. The number of nitro benzene ring substituents is 1. The summed E-state index contributed by atoms with van der Waals surface area (Å²) in [5, 5.41) is 12.8. The molecule has 0 saturated heterocycles. The van der Waals surface area contributed by atoms with E-state index >= 15 is 0 Å². The summed E-state index contributed by atoms with van der Waals surface area (Å²) >= 11 is 0. The van der Waals surface area contributed by atoms with Crippen molar-refractivity contribution in [2.45, 2.75) is 0 Å². The van der Waals surface area contributed by atoms with Gasteiger partial charge >= 0.3 is 0 Å². The molecule has 0 saturated carbocycles. The number of ether oxygens (including phenoxy) is 1. The van der Waals surface area contributed by atoms with Crippen molar-refractivity contribution in [3.8, 4) is 5.75 Å².